The van der Waals surface area contributed by atoms with Crippen molar-refractivity contribution in [1.82, 2.24) is 0 Å². The molecule has 13 heavy (non-hydrogen) atoms. The number of aliphatic hydroxyl groups is 1. The monoisotopic (exact) mass is 218 g/mol. The maximum Gasteiger partial charge on any atom is 0.0866 e. The molecule has 0 bridgehead atoms. The van der Waals surface area contributed by atoms with Gasteiger partial charge >= 0.3 is 0 Å². The van der Waals surface area contributed by atoms with Gasteiger partial charge in [-0.05, 0) is 37.1 Å². The Balaban J connectivity index is 3.15. The second-order valence-electron chi connectivity index (χ2n) is 3.29. The van der Waals surface area contributed by atoms with E-state index in [1.54, 1.807) is 25.1 Å². The first kappa shape index (κ1) is 10.8. The summed E-state index contributed by atoms with van der Waals surface area (Å²) in [6.45, 7) is 3.66. The van der Waals surface area contributed by atoms with Crippen LogP contribution < -0.4 is 0 Å². The molecular weight excluding hydrogens is 207 g/mol. The Hall–Kier alpha value is -0.240. The molecule has 0 fully saturated rings. The van der Waals surface area contributed by atoms with E-state index in [0.717, 1.165) is 5.56 Å². The van der Waals surface area contributed by atoms with E-state index in [0.29, 0.717) is 16.5 Å². The van der Waals surface area contributed by atoms with Crippen molar-refractivity contribution in [2.75, 3.05) is 0 Å². The largest absolute Gasteiger partial charge is 0.385 e. The molecule has 0 saturated heterocycles. The number of halogens is 2. The number of benzene rings is 1. The average molecular weight is 219 g/mol. The maximum absolute atomic E-state index is 9.93. The van der Waals surface area contributed by atoms with Crippen LogP contribution in [0.5, 0.6) is 0 Å². The molecule has 0 aliphatic carbocycles. The summed E-state index contributed by atoms with van der Waals surface area (Å²) in [5, 5.41) is 11.0. The summed E-state index contributed by atoms with van der Waals surface area (Å²) in [4.78, 5) is 0. The summed E-state index contributed by atoms with van der Waals surface area (Å²) in [5.74, 6) is 0. The molecule has 0 aromatic heterocycles. The SMILES string of the molecule is CCC(C)(O)c1cc(Cl)cc(Cl)c1. The van der Waals surface area contributed by atoms with Crippen LogP contribution in [0.4, 0.5) is 0 Å². The van der Waals surface area contributed by atoms with Gasteiger partial charge in [0.25, 0.3) is 0 Å². The van der Waals surface area contributed by atoms with Gasteiger partial charge in [-0.2, -0.15) is 0 Å². The third-order valence-electron chi connectivity index (χ3n) is 2.17. The summed E-state index contributed by atoms with van der Waals surface area (Å²) in [5.41, 5.74) is -0.0957. The van der Waals surface area contributed by atoms with Gasteiger partial charge in [0.05, 0.1) is 5.60 Å². The number of hydrogen-bond donors (Lipinski definition) is 1. The number of hydrogen-bond acceptors (Lipinski definition) is 1. The van der Waals surface area contributed by atoms with Gasteiger partial charge < -0.3 is 5.11 Å². The van der Waals surface area contributed by atoms with Crippen molar-refractivity contribution in [2.45, 2.75) is 25.9 Å². The molecule has 1 N–H and O–H groups in total. The van der Waals surface area contributed by atoms with Gasteiger partial charge in [0.15, 0.2) is 0 Å². The Kier molecular flexibility index (Phi) is 3.23. The molecule has 0 radical (unpaired) electrons. The van der Waals surface area contributed by atoms with Crippen molar-refractivity contribution in [3.63, 3.8) is 0 Å². The van der Waals surface area contributed by atoms with Crippen LogP contribution in [0.15, 0.2) is 18.2 Å². The second kappa shape index (κ2) is 3.87. The third-order valence-corrected chi connectivity index (χ3v) is 2.61. The predicted molar refractivity (Wildman–Crippen MR) is 56.3 cm³/mol. The molecule has 1 atom stereocenters. The summed E-state index contributed by atoms with van der Waals surface area (Å²) in [6, 6.07) is 5.12. The van der Waals surface area contributed by atoms with Gasteiger partial charge in [-0.1, -0.05) is 30.1 Å². The van der Waals surface area contributed by atoms with Crippen LogP contribution in [-0.4, -0.2) is 5.11 Å². The first-order valence-electron chi connectivity index (χ1n) is 4.14. The Morgan fingerprint density at radius 3 is 2.08 bits per heavy atom. The quantitative estimate of drug-likeness (QED) is 0.805. The van der Waals surface area contributed by atoms with Crippen LogP contribution in [0, 0.1) is 0 Å². The molecule has 0 heterocycles. The molecular formula is C10H12Cl2O. The van der Waals surface area contributed by atoms with Crippen molar-refractivity contribution in [3.8, 4) is 0 Å². The van der Waals surface area contributed by atoms with Crippen LogP contribution in [-0.2, 0) is 5.60 Å². The van der Waals surface area contributed by atoms with Crippen LogP contribution in [0.25, 0.3) is 0 Å². The Bertz CT molecular complexity index is 288. The fourth-order valence-corrected chi connectivity index (χ4v) is 1.59. The third kappa shape index (κ3) is 2.60. The Labute approximate surface area is 88.3 Å². The lowest BCUT2D eigenvalue weighted by Gasteiger charge is -2.22. The zero-order valence-corrected chi connectivity index (χ0v) is 9.15. The molecule has 0 spiro atoms. The fraction of sp³-hybridized carbons (Fsp3) is 0.400. The van der Waals surface area contributed by atoms with E-state index < -0.39 is 5.60 Å². The first-order chi connectivity index (χ1) is 5.95. The van der Waals surface area contributed by atoms with Crippen molar-refractivity contribution < 1.29 is 5.11 Å². The van der Waals surface area contributed by atoms with Crippen LogP contribution >= 0.6 is 23.2 Å². The van der Waals surface area contributed by atoms with Crippen LogP contribution in [0.2, 0.25) is 10.0 Å². The van der Waals surface area contributed by atoms with Crippen LogP contribution in [0.1, 0.15) is 25.8 Å². The summed E-state index contributed by atoms with van der Waals surface area (Å²) in [7, 11) is 0. The molecule has 1 rings (SSSR count). The second-order valence-corrected chi connectivity index (χ2v) is 4.16. The predicted octanol–water partition coefficient (Wildman–Crippen LogP) is 3.61. The van der Waals surface area contributed by atoms with Crippen molar-refractivity contribution in [1.29, 1.82) is 0 Å². The highest BCUT2D eigenvalue weighted by Crippen LogP contribution is 2.29. The molecule has 1 nitrogen and oxygen atoms in total. The normalized spacial score (nSPS) is 15.5. The zero-order chi connectivity index (χ0) is 10.1. The molecule has 1 aromatic rings. The van der Waals surface area contributed by atoms with E-state index >= 15 is 0 Å². The lowest BCUT2D eigenvalue weighted by atomic mass is 9.94. The minimum Gasteiger partial charge on any atom is -0.385 e. The molecule has 0 aliphatic rings. The van der Waals surface area contributed by atoms with Gasteiger partial charge in [0.1, 0.15) is 0 Å². The van der Waals surface area contributed by atoms with Crippen molar-refractivity contribution in [2.24, 2.45) is 0 Å². The van der Waals surface area contributed by atoms with Crippen molar-refractivity contribution in [3.05, 3.63) is 33.8 Å². The minimum atomic E-state index is -0.853. The smallest absolute Gasteiger partial charge is 0.0866 e. The van der Waals surface area contributed by atoms with E-state index in [2.05, 4.69) is 0 Å². The maximum atomic E-state index is 9.93. The van der Waals surface area contributed by atoms with E-state index in [4.69, 9.17) is 23.2 Å². The minimum absolute atomic E-state index is 0.552. The van der Waals surface area contributed by atoms with Gasteiger partial charge in [-0.15, -0.1) is 0 Å². The molecule has 3 heteroatoms. The zero-order valence-electron chi connectivity index (χ0n) is 7.64. The summed E-state index contributed by atoms with van der Waals surface area (Å²) >= 11 is 11.6. The van der Waals surface area contributed by atoms with Gasteiger partial charge in [-0.3, -0.25) is 0 Å². The first-order valence-corrected chi connectivity index (χ1v) is 4.90. The van der Waals surface area contributed by atoms with Gasteiger partial charge in [0, 0.05) is 10.0 Å². The lowest BCUT2D eigenvalue weighted by molar-refractivity contribution is 0.0531. The standard InChI is InChI=1S/C10H12Cl2O/c1-3-10(2,13)7-4-8(11)6-9(12)5-7/h4-6,13H,3H2,1-2H3. The molecule has 0 amide bonds. The van der Waals surface area contributed by atoms with E-state index in [1.807, 2.05) is 6.92 Å². The Morgan fingerprint density at radius 1 is 1.23 bits per heavy atom. The highest BCUT2D eigenvalue weighted by Gasteiger charge is 2.20. The topological polar surface area (TPSA) is 20.2 Å². The summed E-state index contributed by atoms with van der Waals surface area (Å²) in [6.07, 6.45) is 0.629. The van der Waals surface area contributed by atoms with Gasteiger partial charge in [-0.25, -0.2) is 0 Å². The highest BCUT2D eigenvalue weighted by atomic mass is 35.5. The highest BCUT2D eigenvalue weighted by molar-refractivity contribution is 6.34. The van der Waals surface area contributed by atoms with E-state index in [9.17, 15) is 5.11 Å². The van der Waals surface area contributed by atoms with E-state index in [1.165, 1.54) is 0 Å². The molecule has 1 unspecified atom stereocenters. The summed E-state index contributed by atoms with van der Waals surface area (Å²) < 4.78 is 0. The van der Waals surface area contributed by atoms with Crippen LogP contribution in [0.3, 0.4) is 0 Å². The Morgan fingerprint density at radius 2 is 1.69 bits per heavy atom. The van der Waals surface area contributed by atoms with Gasteiger partial charge in [0.2, 0.25) is 0 Å². The molecule has 0 aliphatic heterocycles. The number of rotatable bonds is 2. The molecule has 1 aromatic carbocycles. The van der Waals surface area contributed by atoms with Crippen molar-refractivity contribution >= 4 is 23.2 Å². The molecule has 0 saturated carbocycles. The average Bonchev–Trinajstić information content (AvgIpc) is 2.02. The fourth-order valence-electron chi connectivity index (χ4n) is 1.07. The van der Waals surface area contributed by atoms with E-state index in [-0.39, 0.29) is 0 Å². The molecule has 72 valence electrons. The lowest BCUT2D eigenvalue weighted by Crippen LogP contribution is -2.19.